The van der Waals surface area contributed by atoms with Crippen molar-refractivity contribution in [1.29, 1.82) is 0 Å². The van der Waals surface area contributed by atoms with Crippen LogP contribution in [0.1, 0.15) is 59.9 Å². The second-order valence-corrected chi connectivity index (χ2v) is 8.00. The van der Waals surface area contributed by atoms with Gasteiger partial charge in [-0.15, -0.1) is 0 Å². The minimum absolute atomic E-state index is 0.0451. The summed E-state index contributed by atoms with van der Waals surface area (Å²) < 4.78 is 2.06. The molecule has 1 fully saturated rings. The summed E-state index contributed by atoms with van der Waals surface area (Å²) in [4.78, 5) is 25.8. The van der Waals surface area contributed by atoms with E-state index >= 15 is 0 Å². The number of benzene rings is 1. The monoisotopic (exact) mass is 384 g/mol. The first-order valence-corrected chi connectivity index (χ1v) is 9.68. The molecule has 2 N–H and O–H groups in total. The summed E-state index contributed by atoms with van der Waals surface area (Å²) in [6.07, 6.45) is 0.0902. The van der Waals surface area contributed by atoms with Crippen LogP contribution in [0.2, 0.25) is 0 Å². The van der Waals surface area contributed by atoms with E-state index in [0.717, 1.165) is 17.1 Å². The molecule has 2 aromatic rings. The molecule has 0 aliphatic carbocycles. The second-order valence-electron chi connectivity index (χ2n) is 8.00. The van der Waals surface area contributed by atoms with Gasteiger partial charge in [0.25, 0.3) is 5.91 Å². The number of carbonyl (C=O) groups is 2. The quantitative estimate of drug-likeness (QED) is 0.848. The number of carboxylic acid groups (broad SMARTS) is 1. The number of likely N-dealkylation sites (tertiary alicyclic amines) is 1. The Morgan fingerprint density at radius 2 is 1.64 bits per heavy atom. The van der Waals surface area contributed by atoms with Crippen LogP contribution >= 0.6 is 0 Å². The van der Waals surface area contributed by atoms with Gasteiger partial charge in [0.05, 0.1) is 5.56 Å². The molecule has 1 aromatic carbocycles. The molecule has 0 unspecified atom stereocenters. The maximum atomic E-state index is 13.0. The van der Waals surface area contributed by atoms with Crippen molar-refractivity contribution in [1.82, 2.24) is 9.47 Å². The summed E-state index contributed by atoms with van der Waals surface area (Å²) in [5, 5.41) is 19.2. The highest BCUT2D eigenvalue weighted by molar-refractivity contribution is 5.96. The van der Waals surface area contributed by atoms with Gasteiger partial charge in [0.1, 0.15) is 0 Å². The van der Waals surface area contributed by atoms with Gasteiger partial charge in [-0.3, -0.25) is 4.79 Å². The lowest BCUT2D eigenvalue weighted by atomic mass is 9.91. The number of carbonyl (C=O) groups excluding carboxylic acids is 1. The number of rotatable bonds is 4. The van der Waals surface area contributed by atoms with Crippen molar-refractivity contribution in [2.75, 3.05) is 13.1 Å². The summed E-state index contributed by atoms with van der Waals surface area (Å²) in [6.45, 7) is 8.67. The van der Waals surface area contributed by atoms with Gasteiger partial charge in [0.2, 0.25) is 0 Å². The molecule has 150 valence electrons. The van der Waals surface area contributed by atoms with E-state index in [4.69, 9.17) is 5.11 Å². The molecule has 2 heterocycles. The smallest absolute Gasteiger partial charge is 0.335 e. The van der Waals surface area contributed by atoms with Crippen LogP contribution in [0.3, 0.4) is 0 Å². The Kier molecular flexibility index (Phi) is 5.35. The fourth-order valence-electron chi connectivity index (χ4n) is 3.85. The van der Waals surface area contributed by atoms with Crippen molar-refractivity contribution in [2.45, 2.75) is 52.1 Å². The van der Waals surface area contributed by atoms with Crippen molar-refractivity contribution >= 4 is 11.9 Å². The van der Waals surface area contributed by atoms with Gasteiger partial charge in [0.15, 0.2) is 5.60 Å². The molecule has 1 saturated heterocycles. The lowest BCUT2D eigenvalue weighted by molar-refractivity contribution is -0.162. The lowest BCUT2D eigenvalue weighted by Crippen LogP contribution is -2.50. The number of hydrogen-bond acceptors (Lipinski definition) is 3. The van der Waals surface area contributed by atoms with Crippen LogP contribution < -0.4 is 0 Å². The Bertz CT molecular complexity index is 888. The van der Waals surface area contributed by atoms with Gasteiger partial charge in [0, 0.05) is 43.0 Å². The largest absolute Gasteiger partial charge is 0.479 e. The zero-order valence-electron chi connectivity index (χ0n) is 16.9. The van der Waals surface area contributed by atoms with E-state index in [1.165, 1.54) is 5.56 Å². The molecule has 0 spiro atoms. The predicted molar refractivity (Wildman–Crippen MR) is 107 cm³/mol. The van der Waals surface area contributed by atoms with E-state index < -0.39 is 11.6 Å². The number of hydrogen-bond donors (Lipinski definition) is 2. The molecule has 6 heteroatoms. The van der Waals surface area contributed by atoms with Gasteiger partial charge in [-0.25, -0.2) is 4.79 Å². The summed E-state index contributed by atoms with van der Waals surface area (Å²) in [5.41, 5.74) is 2.99. The van der Waals surface area contributed by atoms with E-state index in [1.807, 2.05) is 19.9 Å². The van der Waals surface area contributed by atoms with Crippen LogP contribution in [0.25, 0.3) is 5.69 Å². The third-order valence-electron chi connectivity index (χ3n) is 5.76. The molecule has 3 rings (SSSR count). The highest BCUT2D eigenvalue weighted by atomic mass is 16.4. The minimum Gasteiger partial charge on any atom is -0.479 e. The predicted octanol–water partition coefficient (Wildman–Crippen LogP) is 3.27. The normalized spacial score (nSPS) is 16.4. The zero-order chi connectivity index (χ0) is 20.6. The average Bonchev–Trinajstić information content (AvgIpc) is 2.96. The molecule has 0 saturated carbocycles. The fourth-order valence-corrected chi connectivity index (χ4v) is 3.85. The number of aliphatic carboxylic acids is 1. The highest BCUT2D eigenvalue weighted by Gasteiger charge is 2.40. The summed E-state index contributed by atoms with van der Waals surface area (Å²) in [5.74, 6) is -0.880. The van der Waals surface area contributed by atoms with Gasteiger partial charge in [-0.2, -0.15) is 0 Å². The Morgan fingerprint density at radius 1 is 1.07 bits per heavy atom. The Hall–Kier alpha value is -2.60. The number of aromatic nitrogens is 1. The van der Waals surface area contributed by atoms with E-state index in [9.17, 15) is 14.7 Å². The van der Waals surface area contributed by atoms with E-state index in [0.29, 0.717) is 11.5 Å². The average molecular weight is 384 g/mol. The molecule has 1 aliphatic rings. The van der Waals surface area contributed by atoms with Crippen molar-refractivity contribution in [3.05, 3.63) is 52.8 Å². The van der Waals surface area contributed by atoms with E-state index in [1.54, 1.807) is 4.90 Å². The van der Waals surface area contributed by atoms with Crippen molar-refractivity contribution < 1.29 is 19.8 Å². The molecule has 6 nitrogen and oxygen atoms in total. The first kappa shape index (κ1) is 20.1. The molecule has 1 aliphatic heterocycles. The Balaban J connectivity index is 1.84. The fraction of sp³-hybridized carbons (Fsp3) is 0.455. The molecule has 1 amide bonds. The van der Waals surface area contributed by atoms with Crippen LogP contribution in [0, 0.1) is 13.8 Å². The van der Waals surface area contributed by atoms with Gasteiger partial charge < -0.3 is 19.7 Å². The summed E-state index contributed by atoms with van der Waals surface area (Å²) >= 11 is 0. The van der Waals surface area contributed by atoms with E-state index in [2.05, 4.69) is 42.7 Å². The van der Waals surface area contributed by atoms with Crippen LogP contribution in [-0.2, 0) is 4.79 Å². The highest BCUT2D eigenvalue weighted by Crippen LogP contribution is 2.27. The van der Waals surface area contributed by atoms with Crippen LogP contribution in [0.4, 0.5) is 0 Å². The SMILES string of the molecule is Cc1cc(C(=O)N2CCC(O)(C(=O)O)CC2)c(C)n1-c1ccc(C(C)C)cc1. The lowest BCUT2D eigenvalue weighted by Gasteiger charge is -2.35. The number of amides is 1. The van der Waals surface area contributed by atoms with E-state index in [-0.39, 0.29) is 31.8 Å². The third kappa shape index (κ3) is 3.56. The van der Waals surface area contributed by atoms with Gasteiger partial charge >= 0.3 is 5.97 Å². The minimum atomic E-state index is -1.73. The molecule has 0 bridgehead atoms. The number of nitrogens with zero attached hydrogens (tertiary/aromatic N) is 2. The standard InChI is InChI=1S/C22H28N2O4/c1-14(2)17-5-7-18(8-6-17)24-15(3)13-19(16(24)4)20(25)23-11-9-22(28,10-12-23)21(26)27/h5-8,13-14,28H,9-12H2,1-4H3,(H,26,27). The van der Waals surface area contributed by atoms with Crippen molar-refractivity contribution in [3.63, 3.8) is 0 Å². The molecule has 0 radical (unpaired) electrons. The topological polar surface area (TPSA) is 82.8 Å². The van der Waals surface area contributed by atoms with Crippen molar-refractivity contribution in [3.8, 4) is 5.69 Å². The molecule has 28 heavy (non-hydrogen) atoms. The molecule has 1 aromatic heterocycles. The Labute approximate surface area is 165 Å². The van der Waals surface area contributed by atoms with Crippen molar-refractivity contribution in [2.24, 2.45) is 0 Å². The number of piperidine rings is 1. The maximum Gasteiger partial charge on any atom is 0.335 e. The molecular weight excluding hydrogens is 356 g/mol. The van der Waals surface area contributed by atoms with Crippen LogP contribution in [-0.4, -0.2) is 50.2 Å². The first-order chi connectivity index (χ1) is 13.1. The number of aryl methyl sites for hydroxylation is 1. The molecular formula is C22H28N2O4. The zero-order valence-corrected chi connectivity index (χ0v) is 16.9. The number of carboxylic acids is 1. The maximum absolute atomic E-state index is 13.0. The summed E-state index contributed by atoms with van der Waals surface area (Å²) in [6, 6.07) is 10.2. The van der Waals surface area contributed by atoms with Gasteiger partial charge in [-0.1, -0.05) is 26.0 Å². The van der Waals surface area contributed by atoms with Crippen LogP contribution in [0.5, 0.6) is 0 Å². The summed E-state index contributed by atoms with van der Waals surface area (Å²) in [7, 11) is 0. The van der Waals surface area contributed by atoms with Crippen LogP contribution in [0.15, 0.2) is 30.3 Å². The third-order valence-corrected chi connectivity index (χ3v) is 5.76. The first-order valence-electron chi connectivity index (χ1n) is 9.68. The Morgan fingerprint density at radius 3 is 2.14 bits per heavy atom. The van der Waals surface area contributed by atoms with Gasteiger partial charge in [-0.05, 0) is 43.5 Å². The second kappa shape index (κ2) is 7.43. The number of aliphatic hydroxyl groups is 1. The molecule has 0 atom stereocenters.